The number of ether oxygens (including phenoxy) is 1. The third-order valence-electron chi connectivity index (χ3n) is 3.57. The molecule has 1 aromatic rings. The van der Waals surface area contributed by atoms with Gasteiger partial charge in [0.1, 0.15) is 6.61 Å². The van der Waals surface area contributed by atoms with Crippen LogP contribution in [-0.2, 0) is 25.7 Å². The molecule has 1 aromatic carbocycles. The summed E-state index contributed by atoms with van der Waals surface area (Å²) in [5.41, 5.74) is 1.03. The first-order chi connectivity index (χ1) is 11.1. The van der Waals surface area contributed by atoms with Gasteiger partial charge in [0.2, 0.25) is 11.8 Å². The van der Waals surface area contributed by atoms with Crippen LogP contribution < -0.4 is 5.32 Å². The predicted molar refractivity (Wildman–Crippen MR) is 81.4 cm³/mol. The Morgan fingerprint density at radius 1 is 1.30 bits per heavy atom. The number of nitrogens with zero attached hydrogens (tertiary/aromatic N) is 1. The first-order valence-corrected chi connectivity index (χ1v) is 7.45. The zero-order chi connectivity index (χ0) is 16.7. The summed E-state index contributed by atoms with van der Waals surface area (Å²) >= 11 is 0. The van der Waals surface area contributed by atoms with Gasteiger partial charge in [-0.25, -0.2) is 4.79 Å². The van der Waals surface area contributed by atoms with E-state index in [-0.39, 0.29) is 43.9 Å². The van der Waals surface area contributed by atoms with E-state index in [4.69, 9.17) is 9.84 Å². The van der Waals surface area contributed by atoms with Crippen LogP contribution in [-0.4, -0.2) is 54.1 Å². The Balaban J connectivity index is 1.73. The van der Waals surface area contributed by atoms with Crippen molar-refractivity contribution in [2.75, 3.05) is 26.3 Å². The molecule has 2 rings (SSSR count). The van der Waals surface area contributed by atoms with Gasteiger partial charge < -0.3 is 20.1 Å². The van der Waals surface area contributed by atoms with E-state index in [0.29, 0.717) is 13.1 Å². The SMILES string of the molecule is O=C(O)COCCNC(=O)C1CC(=O)N(Cc2ccccc2)C1. The van der Waals surface area contributed by atoms with Gasteiger partial charge in [0.25, 0.3) is 0 Å². The molecule has 2 amide bonds. The molecular formula is C16H20N2O5. The molecule has 1 unspecified atom stereocenters. The Bertz CT molecular complexity index is 561. The minimum Gasteiger partial charge on any atom is -0.480 e. The Hall–Kier alpha value is -2.41. The molecule has 23 heavy (non-hydrogen) atoms. The highest BCUT2D eigenvalue weighted by Crippen LogP contribution is 2.20. The van der Waals surface area contributed by atoms with Gasteiger partial charge in [0.05, 0.1) is 12.5 Å². The molecule has 0 bridgehead atoms. The van der Waals surface area contributed by atoms with E-state index in [0.717, 1.165) is 5.56 Å². The average molecular weight is 320 g/mol. The number of carbonyl (C=O) groups excluding carboxylic acids is 2. The molecule has 7 heteroatoms. The van der Waals surface area contributed by atoms with Crippen molar-refractivity contribution in [3.63, 3.8) is 0 Å². The molecule has 124 valence electrons. The fourth-order valence-electron chi connectivity index (χ4n) is 2.45. The Labute approximate surface area is 134 Å². The summed E-state index contributed by atoms with van der Waals surface area (Å²) < 4.78 is 4.84. The average Bonchev–Trinajstić information content (AvgIpc) is 2.88. The van der Waals surface area contributed by atoms with Crippen LogP contribution >= 0.6 is 0 Å². The van der Waals surface area contributed by atoms with Crippen molar-refractivity contribution in [3.05, 3.63) is 35.9 Å². The Morgan fingerprint density at radius 2 is 2.04 bits per heavy atom. The van der Waals surface area contributed by atoms with Crippen molar-refractivity contribution in [3.8, 4) is 0 Å². The highest BCUT2D eigenvalue weighted by atomic mass is 16.5. The lowest BCUT2D eigenvalue weighted by molar-refractivity contribution is -0.142. The monoisotopic (exact) mass is 320 g/mol. The van der Waals surface area contributed by atoms with Crippen molar-refractivity contribution in [2.24, 2.45) is 5.92 Å². The first-order valence-electron chi connectivity index (χ1n) is 7.45. The van der Waals surface area contributed by atoms with E-state index < -0.39 is 5.97 Å². The molecule has 1 atom stereocenters. The number of likely N-dealkylation sites (tertiary alicyclic amines) is 1. The van der Waals surface area contributed by atoms with Crippen molar-refractivity contribution in [1.29, 1.82) is 0 Å². The highest BCUT2D eigenvalue weighted by Gasteiger charge is 2.33. The summed E-state index contributed by atoms with van der Waals surface area (Å²) in [4.78, 5) is 36.0. The topological polar surface area (TPSA) is 95.9 Å². The fourth-order valence-corrected chi connectivity index (χ4v) is 2.45. The minimum atomic E-state index is -1.05. The van der Waals surface area contributed by atoms with Crippen molar-refractivity contribution in [1.82, 2.24) is 10.2 Å². The quantitative estimate of drug-likeness (QED) is 0.670. The van der Waals surface area contributed by atoms with Crippen LogP contribution in [0.1, 0.15) is 12.0 Å². The number of amides is 2. The van der Waals surface area contributed by atoms with Gasteiger partial charge in [0.15, 0.2) is 0 Å². The molecular weight excluding hydrogens is 300 g/mol. The zero-order valence-electron chi connectivity index (χ0n) is 12.7. The highest BCUT2D eigenvalue weighted by molar-refractivity contribution is 5.89. The minimum absolute atomic E-state index is 0.0314. The van der Waals surface area contributed by atoms with Gasteiger partial charge in [-0.05, 0) is 5.56 Å². The third kappa shape index (κ3) is 5.37. The van der Waals surface area contributed by atoms with Crippen LogP contribution in [0.4, 0.5) is 0 Å². The van der Waals surface area contributed by atoms with Crippen LogP contribution in [0.25, 0.3) is 0 Å². The molecule has 0 spiro atoms. The fraction of sp³-hybridized carbons (Fsp3) is 0.438. The normalized spacial score (nSPS) is 17.3. The molecule has 1 aliphatic rings. The molecule has 2 N–H and O–H groups in total. The lowest BCUT2D eigenvalue weighted by Gasteiger charge is -2.16. The summed E-state index contributed by atoms with van der Waals surface area (Å²) in [7, 11) is 0. The lowest BCUT2D eigenvalue weighted by Crippen LogP contribution is -2.35. The van der Waals surface area contributed by atoms with Crippen LogP contribution in [0.5, 0.6) is 0 Å². The van der Waals surface area contributed by atoms with Gasteiger partial charge in [-0.15, -0.1) is 0 Å². The van der Waals surface area contributed by atoms with E-state index in [1.54, 1.807) is 4.90 Å². The van der Waals surface area contributed by atoms with E-state index in [1.807, 2.05) is 30.3 Å². The summed E-state index contributed by atoms with van der Waals surface area (Å²) in [6.45, 7) is 0.880. The molecule has 0 saturated carbocycles. The van der Waals surface area contributed by atoms with Crippen LogP contribution in [0.2, 0.25) is 0 Å². The van der Waals surface area contributed by atoms with E-state index in [1.165, 1.54) is 0 Å². The first kappa shape index (κ1) is 17.0. The molecule has 0 radical (unpaired) electrons. The molecule has 1 heterocycles. The number of aliphatic carboxylic acids is 1. The number of carboxylic acid groups (broad SMARTS) is 1. The molecule has 0 aliphatic carbocycles. The van der Waals surface area contributed by atoms with Crippen LogP contribution in [0.3, 0.4) is 0 Å². The lowest BCUT2D eigenvalue weighted by atomic mass is 10.1. The summed E-state index contributed by atoms with van der Waals surface area (Å²) in [6, 6.07) is 9.63. The van der Waals surface area contributed by atoms with Crippen molar-refractivity contribution < 1.29 is 24.2 Å². The van der Waals surface area contributed by atoms with Crippen molar-refractivity contribution >= 4 is 17.8 Å². The second-order valence-electron chi connectivity index (χ2n) is 5.40. The van der Waals surface area contributed by atoms with Gasteiger partial charge in [0, 0.05) is 26.1 Å². The second-order valence-corrected chi connectivity index (χ2v) is 5.40. The van der Waals surface area contributed by atoms with Crippen LogP contribution in [0.15, 0.2) is 30.3 Å². The van der Waals surface area contributed by atoms with Gasteiger partial charge in [-0.1, -0.05) is 30.3 Å². The number of hydrogen-bond acceptors (Lipinski definition) is 4. The molecule has 0 aromatic heterocycles. The number of rotatable bonds is 8. The third-order valence-corrected chi connectivity index (χ3v) is 3.57. The number of hydrogen-bond donors (Lipinski definition) is 2. The van der Waals surface area contributed by atoms with Gasteiger partial charge in [-0.3, -0.25) is 9.59 Å². The maximum atomic E-state index is 12.0. The summed E-state index contributed by atoms with van der Waals surface area (Å²) in [6.07, 6.45) is 0.203. The number of nitrogens with one attached hydrogen (secondary N) is 1. The number of carboxylic acids is 1. The van der Waals surface area contributed by atoms with Gasteiger partial charge >= 0.3 is 5.97 Å². The Kier molecular flexibility index (Phi) is 6.10. The molecule has 1 aliphatic heterocycles. The zero-order valence-corrected chi connectivity index (χ0v) is 12.7. The Morgan fingerprint density at radius 3 is 2.74 bits per heavy atom. The van der Waals surface area contributed by atoms with E-state index >= 15 is 0 Å². The smallest absolute Gasteiger partial charge is 0.329 e. The standard InChI is InChI=1S/C16H20N2O5/c19-14-8-13(16(22)17-6-7-23-11-15(20)21)10-18(14)9-12-4-2-1-3-5-12/h1-5,13H,6-11H2,(H,17,22)(H,20,21). The predicted octanol–water partition coefficient (Wildman–Crippen LogP) is 0.253. The molecule has 1 saturated heterocycles. The van der Waals surface area contributed by atoms with Crippen molar-refractivity contribution in [2.45, 2.75) is 13.0 Å². The van der Waals surface area contributed by atoms with Gasteiger partial charge in [-0.2, -0.15) is 0 Å². The summed E-state index contributed by atoms with van der Waals surface area (Å²) in [5.74, 6) is -1.65. The van der Waals surface area contributed by atoms with E-state index in [9.17, 15) is 14.4 Å². The second kappa shape index (κ2) is 8.28. The molecule has 7 nitrogen and oxygen atoms in total. The molecule has 1 fully saturated rings. The largest absolute Gasteiger partial charge is 0.480 e. The number of benzene rings is 1. The summed E-state index contributed by atoms with van der Waals surface area (Å²) in [5, 5.41) is 11.1. The van der Waals surface area contributed by atoms with Crippen LogP contribution in [0, 0.1) is 5.92 Å². The number of carbonyl (C=O) groups is 3. The van der Waals surface area contributed by atoms with E-state index in [2.05, 4.69) is 5.32 Å². The maximum Gasteiger partial charge on any atom is 0.329 e. The maximum absolute atomic E-state index is 12.0.